The Morgan fingerprint density at radius 3 is 2.23 bits per heavy atom. The van der Waals surface area contributed by atoms with Crippen LogP contribution in [0.15, 0.2) is 66.4 Å². The average Bonchev–Trinajstić information content (AvgIpc) is 2.54. The lowest BCUT2D eigenvalue weighted by atomic mass is 10.0. The van der Waals surface area contributed by atoms with Gasteiger partial charge >= 0.3 is 0 Å². The lowest BCUT2D eigenvalue weighted by Gasteiger charge is -2.25. The first-order valence-electron chi connectivity index (χ1n) is 7.15. The molecule has 2 N–H and O–H groups in total. The standard InChI is InChI=1S/C18H16N2O2/c21-17-15(11-13-7-3-1-4-8-13)19-18(22)16(20-17)12-14-9-5-2-6-10-14/h1-11,16H,12H2,(H,19,22)(H,20,21)/b15-11+. The maximum Gasteiger partial charge on any atom is 0.268 e. The highest BCUT2D eigenvalue weighted by Crippen LogP contribution is 2.11. The van der Waals surface area contributed by atoms with Crippen LogP contribution in [0.5, 0.6) is 0 Å². The fraction of sp³-hybridized carbons (Fsp3) is 0.111. The molecule has 110 valence electrons. The summed E-state index contributed by atoms with van der Waals surface area (Å²) in [6.07, 6.45) is 2.16. The second-order valence-electron chi connectivity index (χ2n) is 5.17. The smallest absolute Gasteiger partial charge is 0.268 e. The predicted octanol–water partition coefficient (Wildman–Crippen LogP) is 1.88. The maximum absolute atomic E-state index is 12.2. The van der Waals surface area contributed by atoms with Gasteiger partial charge in [0.1, 0.15) is 11.7 Å². The van der Waals surface area contributed by atoms with Crippen molar-refractivity contribution in [1.82, 2.24) is 10.6 Å². The number of piperazine rings is 1. The molecule has 2 aromatic rings. The van der Waals surface area contributed by atoms with Gasteiger partial charge in [-0.25, -0.2) is 0 Å². The third-order valence-electron chi connectivity index (χ3n) is 3.52. The van der Waals surface area contributed by atoms with Gasteiger partial charge in [-0.1, -0.05) is 60.7 Å². The lowest BCUT2D eigenvalue weighted by molar-refractivity contribution is -0.131. The van der Waals surface area contributed by atoms with Gasteiger partial charge in [-0.2, -0.15) is 0 Å². The molecule has 1 saturated heterocycles. The van der Waals surface area contributed by atoms with E-state index in [1.54, 1.807) is 6.08 Å². The Labute approximate surface area is 128 Å². The molecule has 4 heteroatoms. The van der Waals surface area contributed by atoms with Crippen LogP contribution in [-0.4, -0.2) is 17.9 Å². The summed E-state index contributed by atoms with van der Waals surface area (Å²) in [5.41, 5.74) is 2.16. The van der Waals surface area contributed by atoms with E-state index >= 15 is 0 Å². The molecule has 0 spiro atoms. The van der Waals surface area contributed by atoms with Gasteiger partial charge in [0.2, 0.25) is 5.91 Å². The molecule has 0 aliphatic carbocycles. The fourth-order valence-electron chi connectivity index (χ4n) is 2.39. The van der Waals surface area contributed by atoms with Crippen LogP contribution in [0.1, 0.15) is 11.1 Å². The molecule has 4 nitrogen and oxygen atoms in total. The van der Waals surface area contributed by atoms with E-state index in [0.717, 1.165) is 11.1 Å². The van der Waals surface area contributed by atoms with Crippen LogP contribution in [-0.2, 0) is 16.0 Å². The number of amides is 2. The van der Waals surface area contributed by atoms with E-state index in [0.29, 0.717) is 6.42 Å². The summed E-state index contributed by atoms with van der Waals surface area (Å²) in [6, 6.07) is 18.5. The highest BCUT2D eigenvalue weighted by atomic mass is 16.2. The van der Waals surface area contributed by atoms with Gasteiger partial charge in [0.25, 0.3) is 5.91 Å². The summed E-state index contributed by atoms with van der Waals surface area (Å²) in [5.74, 6) is -0.449. The summed E-state index contributed by atoms with van der Waals surface area (Å²) in [6.45, 7) is 0. The SMILES string of the molecule is O=C1NC(Cc2ccccc2)C(=O)N/C1=C/c1ccccc1. The summed E-state index contributed by atoms with van der Waals surface area (Å²) < 4.78 is 0. The van der Waals surface area contributed by atoms with Gasteiger partial charge in [0.05, 0.1) is 0 Å². The monoisotopic (exact) mass is 292 g/mol. The van der Waals surface area contributed by atoms with Crippen molar-refractivity contribution in [2.45, 2.75) is 12.5 Å². The van der Waals surface area contributed by atoms with Crippen LogP contribution in [0.2, 0.25) is 0 Å². The van der Waals surface area contributed by atoms with E-state index in [1.807, 2.05) is 60.7 Å². The number of benzene rings is 2. The van der Waals surface area contributed by atoms with Crippen molar-refractivity contribution in [2.24, 2.45) is 0 Å². The maximum atomic E-state index is 12.2. The lowest BCUT2D eigenvalue weighted by Crippen LogP contribution is -2.55. The zero-order valence-corrected chi connectivity index (χ0v) is 12.0. The Hall–Kier alpha value is -2.88. The van der Waals surface area contributed by atoms with Gasteiger partial charge < -0.3 is 10.6 Å². The van der Waals surface area contributed by atoms with Gasteiger partial charge in [0, 0.05) is 6.42 Å². The van der Waals surface area contributed by atoms with E-state index in [4.69, 9.17) is 0 Å². The molecular weight excluding hydrogens is 276 g/mol. The average molecular weight is 292 g/mol. The van der Waals surface area contributed by atoms with Crippen molar-refractivity contribution in [3.63, 3.8) is 0 Å². The van der Waals surface area contributed by atoms with E-state index < -0.39 is 6.04 Å². The second-order valence-corrected chi connectivity index (χ2v) is 5.17. The van der Waals surface area contributed by atoms with Crippen molar-refractivity contribution in [1.29, 1.82) is 0 Å². The minimum atomic E-state index is -0.539. The van der Waals surface area contributed by atoms with Gasteiger partial charge in [-0.3, -0.25) is 9.59 Å². The van der Waals surface area contributed by atoms with Crippen molar-refractivity contribution < 1.29 is 9.59 Å². The molecule has 2 amide bonds. The van der Waals surface area contributed by atoms with Crippen LogP contribution in [0.3, 0.4) is 0 Å². The Morgan fingerprint density at radius 1 is 0.909 bits per heavy atom. The highest BCUT2D eigenvalue weighted by molar-refractivity contribution is 6.07. The van der Waals surface area contributed by atoms with Gasteiger partial charge in [0.15, 0.2) is 0 Å². The predicted molar refractivity (Wildman–Crippen MR) is 84.6 cm³/mol. The third kappa shape index (κ3) is 3.23. The molecular formula is C18H16N2O2. The first-order chi connectivity index (χ1) is 10.7. The van der Waals surface area contributed by atoms with Gasteiger partial charge in [-0.05, 0) is 17.2 Å². The molecule has 1 heterocycles. The largest absolute Gasteiger partial charge is 0.339 e. The van der Waals surface area contributed by atoms with Crippen molar-refractivity contribution in [3.8, 4) is 0 Å². The van der Waals surface area contributed by atoms with Crippen LogP contribution in [0.4, 0.5) is 0 Å². The first-order valence-corrected chi connectivity index (χ1v) is 7.15. The first kappa shape index (κ1) is 14.1. The van der Waals surface area contributed by atoms with E-state index in [1.165, 1.54) is 0 Å². The molecule has 1 aliphatic rings. The topological polar surface area (TPSA) is 58.2 Å². The molecule has 1 atom stereocenters. The second kappa shape index (κ2) is 6.26. The molecule has 1 aliphatic heterocycles. The number of rotatable bonds is 3. The summed E-state index contributed by atoms with van der Waals surface area (Å²) in [4.78, 5) is 24.3. The number of nitrogens with one attached hydrogen (secondary N) is 2. The van der Waals surface area contributed by atoms with E-state index in [2.05, 4.69) is 10.6 Å². The number of hydrogen-bond donors (Lipinski definition) is 2. The zero-order chi connectivity index (χ0) is 15.4. The van der Waals surface area contributed by atoms with Gasteiger partial charge in [-0.15, -0.1) is 0 Å². The molecule has 1 fully saturated rings. The van der Waals surface area contributed by atoms with Crippen molar-refractivity contribution in [3.05, 3.63) is 77.5 Å². The summed E-state index contributed by atoms with van der Waals surface area (Å²) in [5, 5.41) is 5.46. The molecule has 0 saturated carbocycles. The Bertz CT molecular complexity index is 708. The molecule has 0 radical (unpaired) electrons. The minimum absolute atomic E-state index is 0.189. The molecule has 1 unspecified atom stereocenters. The summed E-state index contributed by atoms with van der Waals surface area (Å²) >= 11 is 0. The molecule has 0 bridgehead atoms. The minimum Gasteiger partial charge on any atom is -0.339 e. The van der Waals surface area contributed by atoms with Crippen molar-refractivity contribution >= 4 is 17.9 Å². The van der Waals surface area contributed by atoms with Crippen LogP contribution >= 0.6 is 0 Å². The molecule has 0 aromatic heterocycles. The quantitative estimate of drug-likeness (QED) is 0.849. The highest BCUT2D eigenvalue weighted by Gasteiger charge is 2.29. The Balaban J connectivity index is 1.73. The Morgan fingerprint density at radius 2 is 1.55 bits per heavy atom. The fourth-order valence-corrected chi connectivity index (χ4v) is 2.39. The number of hydrogen-bond acceptors (Lipinski definition) is 2. The summed E-state index contributed by atoms with van der Waals surface area (Å²) in [7, 11) is 0. The number of carbonyl (C=O) groups is 2. The molecule has 3 rings (SSSR count). The third-order valence-corrected chi connectivity index (χ3v) is 3.52. The van der Waals surface area contributed by atoms with Crippen LogP contribution in [0, 0.1) is 0 Å². The normalized spacial score (nSPS) is 19.6. The number of carbonyl (C=O) groups excluding carboxylic acids is 2. The van der Waals surface area contributed by atoms with E-state index in [9.17, 15) is 9.59 Å². The zero-order valence-electron chi connectivity index (χ0n) is 12.0. The molecule has 22 heavy (non-hydrogen) atoms. The molecule has 2 aromatic carbocycles. The van der Waals surface area contributed by atoms with E-state index in [-0.39, 0.29) is 17.5 Å². The van der Waals surface area contributed by atoms with Crippen LogP contribution < -0.4 is 10.6 Å². The van der Waals surface area contributed by atoms with Crippen LogP contribution in [0.25, 0.3) is 6.08 Å². The van der Waals surface area contributed by atoms with Crippen molar-refractivity contribution in [2.75, 3.05) is 0 Å². The Kier molecular flexibility index (Phi) is 4.01.